The first-order valence-electron chi connectivity index (χ1n) is 2.02. The Bertz CT molecular complexity index is 42.8. The zero-order valence-corrected chi connectivity index (χ0v) is 5.10. The van der Waals surface area contributed by atoms with E-state index in [2.05, 4.69) is 6.58 Å². The van der Waals surface area contributed by atoms with Gasteiger partial charge in [-0.05, 0) is 12.6 Å². The zero-order chi connectivity index (χ0) is 4.99. The molecule has 1 atom stereocenters. The summed E-state index contributed by atoms with van der Waals surface area (Å²) >= 11 is 0. The predicted octanol–water partition coefficient (Wildman–Crippen LogP) is 1.50. The van der Waals surface area contributed by atoms with Gasteiger partial charge in [0.25, 0.3) is 0 Å². The van der Waals surface area contributed by atoms with Crippen molar-refractivity contribution in [2.24, 2.45) is 0 Å². The Morgan fingerprint density at radius 2 is 2.50 bits per heavy atom. The van der Waals surface area contributed by atoms with Crippen molar-refractivity contribution in [3.8, 4) is 0 Å². The van der Waals surface area contributed by atoms with E-state index in [1.807, 2.05) is 0 Å². The van der Waals surface area contributed by atoms with E-state index in [4.69, 9.17) is 0 Å². The molecule has 0 saturated carbocycles. The van der Waals surface area contributed by atoms with Gasteiger partial charge in [0, 0.05) is 0 Å². The first-order valence-corrected chi connectivity index (χ1v) is 4.43. The molecule has 0 amide bonds. The largest absolute Gasteiger partial charge is 0.318 e. The van der Waals surface area contributed by atoms with Crippen LogP contribution in [0.15, 0.2) is 12.7 Å². The van der Waals surface area contributed by atoms with E-state index in [-0.39, 0.29) is 0 Å². The molecule has 0 aliphatic heterocycles. The third-order valence-corrected chi connectivity index (χ3v) is 1.47. The summed E-state index contributed by atoms with van der Waals surface area (Å²) in [4.78, 5) is 0. The number of rotatable bonds is 2. The van der Waals surface area contributed by atoms with Crippen LogP contribution in [0.1, 0.15) is 0 Å². The Balaban J connectivity index is 2.81. The molecule has 0 nitrogen and oxygen atoms in total. The molecular formula is C4H9FSi. The topological polar surface area (TPSA) is 0 Å². The van der Waals surface area contributed by atoms with Crippen LogP contribution in [0.4, 0.5) is 4.11 Å². The van der Waals surface area contributed by atoms with Crippen molar-refractivity contribution < 1.29 is 4.11 Å². The fraction of sp³-hybridized carbons (Fsp3) is 0.500. The van der Waals surface area contributed by atoms with Gasteiger partial charge in [-0.25, -0.2) is 0 Å². The highest BCUT2D eigenvalue weighted by molar-refractivity contribution is 6.49. The van der Waals surface area contributed by atoms with E-state index in [1.165, 1.54) is 0 Å². The van der Waals surface area contributed by atoms with E-state index in [0.717, 1.165) is 0 Å². The van der Waals surface area contributed by atoms with Crippen LogP contribution >= 0.6 is 0 Å². The van der Waals surface area contributed by atoms with Gasteiger partial charge in [0.2, 0.25) is 9.13 Å². The van der Waals surface area contributed by atoms with Crippen LogP contribution in [-0.2, 0) is 0 Å². The summed E-state index contributed by atoms with van der Waals surface area (Å²) in [5.74, 6) is 0. The molecule has 0 saturated heterocycles. The predicted molar refractivity (Wildman–Crippen MR) is 29.1 cm³/mol. The molecule has 0 aliphatic carbocycles. The van der Waals surface area contributed by atoms with E-state index in [0.29, 0.717) is 6.04 Å². The molecule has 0 radical (unpaired) electrons. The summed E-state index contributed by atoms with van der Waals surface area (Å²) < 4.78 is 11.8. The Morgan fingerprint density at radius 3 is 2.50 bits per heavy atom. The second kappa shape index (κ2) is 3.09. The van der Waals surface area contributed by atoms with Gasteiger partial charge in [-0.1, -0.05) is 6.08 Å². The Morgan fingerprint density at radius 1 is 2.00 bits per heavy atom. The SMILES string of the molecule is C=CC[SiH](C)F. The highest BCUT2D eigenvalue weighted by atomic mass is 28.3. The van der Waals surface area contributed by atoms with Crippen LogP contribution in [0.25, 0.3) is 0 Å². The molecule has 6 heavy (non-hydrogen) atoms. The number of hydrogen-bond acceptors (Lipinski definition) is 0. The molecule has 2 heteroatoms. The molecule has 1 unspecified atom stereocenters. The number of halogens is 1. The van der Waals surface area contributed by atoms with Crippen molar-refractivity contribution in [1.82, 2.24) is 0 Å². The Hall–Kier alpha value is -0.113. The van der Waals surface area contributed by atoms with E-state index in [1.54, 1.807) is 12.6 Å². The van der Waals surface area contributed by atoms with Crippen LogP contribution in [-0.4, -0.2) is 9.13 Å². The second-order valence-corrected chi connectivity index (χ2v) is 3.34. The summed E-state index contributed by atoms with van der Waals surface area (Å²) in [6, 6.07) is 0.611. The van der Waals surface area contributed by atoms with E-state index < -0.39 is 9.13 Å². The summed E-state index contributed by atoms with van der Waals surface area (Å²) in [6.07, 6.45) is 1.64. The molecular weight excluding hydrogens is 95.1 g/mol. The van der Waals surface area contributed by atoms with Gasteiger partial charge in [0.15, 0.2) is 0 Å². The van der Waals surface area contributed by atoms with Gasteiger partial charge in [-0.15, -0.1) is 6.58 Å². The molecule has 0 fully saturated rings. The Labute approximate surface area is 39.5 Å². The maximum atomic E-state index is 11.8. The number of hydrogen-bond donors (Lipinski definition) is 0. The molecule has 0 N–H and O–H groups in total. The maximum absolute atomic E-state index is 11.8. The highest BCUT2D eigenvalue weighted by Crippen LogP contribution is 1.90. The summed E-state index contributed by atoms with van der Waals surface area (Å²) in [5.41, 5.74) is 0. The van der Waals surface area contributed by atoms with Crippen molar-refractivity contribution >= 4 is 9.13 Å². The molecule has 0 heterocycles. The van der Waals surface area contributed by atoms with E-state index in [9.17, 15) is 4.11 Å². The molecule has 0 aromatic heterocycles. The monoisotopic (exact) mass is 104 g/mol. The highest BCUT2D eigenvalue weighted by Gasteiger charge is 1.92. The summed E-state index contributed by atoms with van der Waals surface area (Å²) in [5, 5.41) is 0. The smallest absolute Gasteiger partial charge is 0.232 e. The molecule has 0 aromatic rings. The normalized spacial score (nSPS) is 13.7. The number of allylic oxidation sites excluding steroid dienone is 1. The van der Waals surface area contributed by atoms with Crippen LogP contribution < -0.4 is 0 Å². The van der Waals surface area contributed by atoms with Gasteiger partial charge in [0.05, 0.1) is 0 Å². The average molecular weight is 104 g/mol. The first kappa shape index (κ1) is 5.89. The molecule has 36 valence electrons. The van der Waals surface area contributed by atoms with Crippen molar-refractivity contribution in [2.45, 2.75) is 12.6 Å². The molecule has 0 rings (SSSR count). The van der Waals surface area contributed by atoms with Crippen LogP contribution in [0.5, 0.6) is 0 Å². The van der Waals surface area contributed by atoms with Gasteiger partial charge < -0.3 is 4.11 Å². The lowest BCUT2D eigenvalue weighted by atomic mass is 10.8. The summed E-state index contributed by atoms with van der Waals surface area (Å²) in [7, 11) is -1.79. The summed E-state index contributed by atoms with van der Waals surface area (Å²) in [6.45, 7) is 5.05. The lowest BCUT2D eigenvalue weighted by Crippen LogP contribution is -1.91. The van der Waals surface area contributed by atoms with Crippen LogP contribution in [0, 0.1) is 0 Å². The molecule has 0 spiro atoms. The van der Waals surface area contributed by atoms with Crippen molar-refractivity contribution in [3.05, 3.63) is 12.7 Å². The van der Waals surface area contributed by atoms with Crippen molar-refractivity contribution in [1.29, 1.82) is 0 Å². The minimum absolute atomic E-state index is 0.611. The standard InChI is InChI=1S/C4H9FSi/c1-3-4-6(2)5/h3,6H,1,4H2,2H3. The third kappa shape index (κ3) is 3.89. The zero-order valence-electron chi connectivity index (χ0n) is 3.95. The molecule has 0 aromatic carbocycles. The lowest BCUT2D eigenvalue weighted by molar-refractivity contribution is 0.838. The maximum Gasteiger partial charge on any atom is 0.232 e. The van der Waals surface area contributed by atoms with Gasteiger partial charge in [0.1, 0.15) is 0 Å². The second-order valence-electron chi connectivity index (χ2n) is 1.31. The van der Waals surface area contributed by atoms with Crippen molar-refractivity contribution in [2.75, 3.05) is 0 Å². The van der Waals surface area contributed by atoms with Gasteiger partial charge in [-0.3, -0.25) is 0 Å². The average Bonchev–Trinajstić information content (AvgIpc) is 1.35. The quantitative estimate of drug-likeness (QED) is 0.283. The lowest BCUT2D eigenvalue weighted by Gasteiger charge is -1.85. The van der Waals surface area contributed by atoms with Crippen LogP contribution in [0.3, 0.4) is 0 Å². The fourth-order valence-electron chi connectivity index (χ4n) is 0.230. The minimum atomic E-state index is -1.79. The first-order chi connectivity index (χ1) is 2.77. The van der Waals surface area contributed by atoms with Crippen molar-refractivity contribution in [3.63, 3.8) is 0 Å². The van der Waals surface area contributed by atoms with E-state index >= 15 is 0 Å². The molecule has 0 bridgehead atoms. The van der Waals surface area contributed by atoms with Gasteiger partial charge in [-0.2, -0.15) is 0 Å². The molecule has 0 aliphatic rings. The fourth-order valence-corrected chi connectivity index (χ4v) is 0.689. The van der Waals surface area contributed by atoms with Crippen LogP contribution in [0.2, 0.25) is 12.6 Å². The van der Waals surface area contributed by atoms with Gasteiger partial charge >= 0.3 is 0 Å². The Kier molecular flexibility index (Phi) is 3.03. The minimum Gasteiger partial charge on any atom is -0.318 e. The third-order valence-electron chi connectivity index (χ3n) is 0.491.